The number of hydrogen-bond acceptors (Lipinski definition) is 6. The predicted octanol–water partition coefficient (Wildman–Crippen LogP) is 4.04. The zero-order valence-corrected chi connectivity index (χ0v) is 17.5. The summed E-state index contributed by atoms with van der Waals surface area (Å²) < 4.78 is 50.1. The van der Waals surface area contributed by atoms with E-state index in [-0.39, 0.29) is 0 Å². The van der Waals surface area contributed by atoms with E-state index in [1.807, 2.05) is 11.0 Å². The lowest BCUT2D eigenvalue weighted by atomic mass is 9.97. The summed E-state index contributed by atoms with van der Waals surface area (Å²) in [5, 5.41) is 14.3. The molecule has 2 heterocycles. The van der Waals surface area contributed by atoms with E-state index in [0.717, 1.165) is 17.5 Å². The van der Waals surface area contributed by atoms with Gasteiger partial charge < -0.3 is 14.4 Å². The van der Waals surface area contributed by atoms with Crippen LogP contribution in [0.4, 0.5) is 19.0 Å². The third kappa shape index (κ3) is 3.83. The molecular weight excluding hydrogens is 421 g/mol. The first-order valence-electron chi connectivity index (χ1n) is 9.91. The van der Waals surface area contributed by atoms with Gasteiger partial charge in [0.1, 0.15) is 17.6 Å². The highest BCUT2D eigenvalue weighted by Crippen LogP contribution is 2.35. The van der Waals surface area contributed by atoms with Gasteiger partial charge in [0.25, 0.3) is 0 Å². The predicted molar refractivity (Wildman–Crippen MR) is 113 cm³/mol. The van der Waals surface area contributed by atoms with E-state index in [2.05, 4.69) is 16.4 Å². The summed E-state index contributed by atoms with van der Waals surface area (Å²) in [6.45, 7) is 1.44. The number of rotatable bonds is 4. The van der Waals surface area contributed by atoms with Gasteiger partial charge in [-0.3, -0.25) is 5.32 Å². The molecule has 0 saturated carbocycles. The summed E-state index contributed by atoms with van der Waals surface area (Å²) in [5.41, 5.74) is -0.721. The molecule has 1 fully saturated rings. The normalized spacial score (nSPS) is 19.1. The number of halogens is 3. The maximum absolute atomic E-state index is 13.0. The van der Waals surface area contributed by atoms with Crippen molar-refractivity contribution < 1.29 is 22.6 Å². The highest BCUT2D eigenvalue weighted by molar-refractivity contribution is 5.96. The lowest BCUT2D eigenvalue weighted by Gasteiger charge is -2.43. The Bertz CT molecular complexity index is 1170. The Morgan fingerprint density at radius 2 is 1.88 bits per heavy atom. The zero-order valence-electron chi connectivity index (χ0n) is 17.5. The summed E-state index contributed by atoms with van der Waals surface area (Å²) in [7, 11) is 3.08. The molecule has 0 bridgehead atoms. The number of ether oxygens (including phenoxy) is 2. The summed E-state index contributed by atoms with van der Waals surface area (Å²) in [6.07, 6.45) is -2.89. The molecule has 0 radical (unpaired) electrons. The Kier molecular flexibility index (Phi) is 5.67. The fraction of sp³-hybridized carbons (Fsp3) is 0.304. The molecule has 1 saturated heterocycles. The summed E-state index contributed by atoms with van der Waals surface area (Å²) >= 11 is 0. The summed E-state index contributed by atoms with van der Waals surface area (Å²) in [5.74, 6) is 1.29. The molecule has 2 aromatic carbocycles. The molecule has 0 aliphatic carbocycles. The fourth-order valence-electron chi connectivity index (χ4n) is 4.03. The van der Waals surface area contributed by atoms with Crippen LogP contribution < -0.4 is 15.0 Å². The van der Waals surface area contributed by atoms with E-state index < -0.39 is 17.5 Å². The number of alkyl halides is 3. The van der Waals surface area contributed by atoms with Crippen molar-refractivity contribution in [1.82, 2.24) is 10.3 Å². The Morgan fingerprint density at radius 1 is 1.12 bits per heavy atom. The number of hydrogen-bond donors (Lipinski definition) is 1. The van der Waals surface area contributed by atoms with E-state index in [1.165, 1.54) is 25.4 Å². The van der Waals surface area contributed by atoms with Crippen LogP contribution >= 0.6 is 0 Å². The molecule has 1 atom stereocenters. The molecule has 1 aliphatic heterocycles. The third-order valence-electron chi connectivity index (χ3n) is 5.73. The maximum atomic E-state index is 13.0. The van der Waals surface area contributed by atoms with Crippen LogP contribution in [0.15, 0.2) is 48.7 Å². The lowest BCUT2D eigenvalue weighted by Crippen LogP contribution is -2.59. The zero-order chi connectivity index (χ0) is 22.9. The smallest absolute Gasteiger partial charge is 0.416 e. The largest absolute Gasteiger partial charge is 0.497 e. The molecule has 1 unspecified atom stereocenters. The van der Waals surface area contributed by atoms with Crippen molar-refractivity contribution in [2.75, 3.05) is 38.8 Å². The molecule has 1 aromatic heterocycles. The highest BCUT2D eigenvalue weighted by atomic mass is 19.4. The van der Waals surface area contributed by atoms with Gasteiger partial charge >= 0.3 is 6.18 Å². The summed E-state index contributed by atoms with van der Waals surface area (Å²) in [6, 6.07) is 12.6. The minimum absolute atomic E-state index is 0.314. The standard InChI is InChI=1S/C23H21F3N4O2/c1-31-18-7-8-19-20(11-18)15(12-27)13-28-21(19)30-10-9-29-22(14-30,32-2)16-3-5-17(6-4-16)23(24,25)26/h3-8,11,13,29H,9-10,14H2,1-2H3. The number of nitriles is 1. The SMILES string of the molecule is COc1ccc2c(N3CCNC(OC)(c4ccc(C(F)(F)F)cc4)C3)ncc(C#N)c2c1. The molecule has 3 aromatic rings. The first-order valence-corrected chi connectivity index (χ1v) is 9.91. The molecule has 6 nitrogen and oxygen atoms in total. The fourth-order valence-corrected chi connectivity index (χ4v) is 4.03. The van der Waals surface area contributed by atoms with Crippen LogP contribution in [0, 0.1) is 11.3 Å². The number of pyridine rings is 1. The van der Waals surface area contributed by atoms with Gasteiger partial charge in [-0.15, -0.1) is 0 Å². The van der Waals surface area contributed by atoms with Crippen LogP contribution in [0.2, 0.25) is 0 Å². The van der Waals surface area contributed by atoms with Crippen molar-refractivity contribution in [3.05, 3.63) is 65.4 Å². The van der Waals surface area contributed by atoms with Gasteiger partial charge in [0.15, 0.2) is 5.72 Å². The van der Waals surface area contributed by atoms with Gasteiger partial charge in [0, 0.05) is 42.7 Å². The second kappa shape index (κ2) is 8.30. The topological polar surface area (TPSA) is 70.4 Å². The molecule has 4 rings (SSSR count). The van der Waals surface area contributed by atoms with Gasteiger partial charge in [-0.1, -0.05) is 12.1 Å². The summed E-state index contributed by atoms with van der Waals surface area (Å²) in [4.78, 5) is 6.53. The molecule has 0 amide bonds. The number of anilines is 1. The number of fused-ring (bicyclic) bond motifs is 1. The number of nitrogens with zero attached hydrogens (tertiary/aromatic N) is 3. The van der Waals surface area contributed by atoms with E-state index in [0.29, 0.717) is 47.7 Å². The van der Waals surface area contributed by atoms with Gasteiger partial charge in [-0.05, 0) is 30.3 Å². The molecular formula is C23H21F3N4O2. The molecule has 32 heavy (non-hydrogen) atoms. The average Bonchev–Trinajstić information content (AvgIpc) is 2.82. The Morgan fingerprint density at radius 3 is 2.50 bits per heavy atom. The van der Waals surface area contributed by atoms with Crippen molar-refractivity contribution in [1.29, 1.82) is 5.26 Å². The number of benzene rings is 2. The maximum Gasteiger partial charge on any atom is 0.416 e. The Hall–Kier alpha value is -3.35. The third-order valence-corrected chi connectivity index (χ3v) is 5.73. The van der Waals surface area contributed by atoms with E-state index in [9.17, 15) is 18.4 Å². The Labute approximate surface area is 183 Å². The second-order valence-corrected chi connectivity index (χ2v) is 7.47. The van der Waals surface area contributed by atoms with E-state index in [1.54, 1.807) is 19.2 Å². The van der Waals surface area contributed by atoms with Crippen LogP contribution in [-0.4, -0.2) is 38.8 Å². The van der Waals surface area contributed by atoms with Gasteiger partial charge in [-0.2, -0.15) is 18.4 Å². The van der Waals surface area contributed by atoms with Crippen LogP contribution in [0.3, 0.4) is 0 Å². The van der Waals surface area contributed by atoms with Crippen LogP contribution in [0.1, 0.15) is 16.7 Å². The lowest BCUT2D eigenvalue weighted by molar-refractivity contribution is -0.137. The highest BCUT2D eigenvalue weighted by Gasteiger charge is 2.39. The number of piperazine rings is 1. The molecule has 166 valence electrons. The van der Waals surface area contributed by atoms with Gasteiger partial charge in [-0.25, -0.2) is 4.98 Å². The molecule has 0 spiro atoms. The Balaban J connectivity index is 1.73. The minimum Gasteiger partial charge on any atom is -0.497 e. The second-order valence-electron chi connectivity index (χ2n) is 7.47. The van der Waals surface area contributed by atoms with Crippen LogP contribution in [-0.2, 0) is 16.6 Å². The van der Waals surface area contributed by atoms with Crippen LogP contribution in [0.5, 0.6) is 5.75 Å². The van der Waals surface area contributed by atoms with Crippen LogP contribution in [0.25, 0.3) is 10.8 Å². The monoisotopic (exact) mass is 442 g/mol. The first kappa shape index (κ1) is 21.9. The quantitative estimate of drug-likeness (QED) is 0.658. The first-order chi connectivity index (χ1) is 15.3. The number of methoxy groups -OCH3 is 2. The average molecular weight is 442 g/mol. The molecule has 1 aliphatic rings. The number of nitrogens with one attached hydrogen (secondary N) is 1. The van der Waals surface area contributed by atoms with Crippen molar-refractivity contribution in [2.24, 2.45) is 0 Å². The van der Waals surface area contributed by atoms with E-state index >= 15 is 0 Å². The van der Waals surface area contributed by atoms with Crippen molar-refractivity contribution in [3.8, 4) is 11.8 Å². The van der Waals surface area contributed by atoms with Crippen molar-refractivity contribution in [3.63, 3.8) is 0 Å². The van der Waals surface area contributed by atoms with Gasteiger partial charge in [0.2, 0.25) is 0 Å². The van der Waals surface area contributed by atoms with Crippen molar-refractivity contribution in [2.45, 2.75) is 11.9 Å². The number of aromatic nitrogens is 1. The van der Waals surface area contributed by atoms with Gasteiger partial charge in [0.05, 0.1) is 24.8 Å². The minimum atomic E-state index is -4.41. The van der Waals surface area contributed by atoms with E-state index in [4.69, 9.17) is 9.47 Å². The molecule has 1 N–H and O–H groups in total. The van der Waals surface area contributed by atoms with Crippen molar-refractivity contribution >= 4 is 16.6 Å². The molecule has 9 heteroatoms.